The molecule has 4 rings (SSSR count). The Labute approximate surface area is 208 Å². The average Bonchev–Trinajstić information content (AvgIpc) is 2.88. The number of aromatic carboxylic acids is 1. The van der Waals surface area contributed by atoms with Gasteiger partial charge in [-0.2, -0.15) is 4.98 Å². The molecule has 36 heavy (non-hydrogen) atoms. The van der Waals surface area contributed by atoms with E-state index in [1.807, 2.05) is 0 Å². The standard InChI is InChI=1S/C26H31N5O5/c1-3-17-5-7-18(8-6-17)16-31-24(29-25(34)30(4-2)26(31)35)28-19-9-11-20(12-10-19)36-21-13-14-27-22(15-21)23(32)33/h9-15,17-18H,3-8,16H2,1-2H3,(H,32,33)(H,28,29,34). The van der Waals surface area contributed by atoms with Crippen LogP contribution in [0.4, 0.5) is 11.6 Å². The summed E-state index contributed by atoms with van der Waals surface area (Å²) in [5.74, 6) is 1.04. The van der Waals surface area contributed by atoms with E-state index in [1.54, 1.807) is 41.8 Å². The summed E-state index contributed by atoms with van der Waals surface area (Å²) in [7, 11) is 0. The average molecular weight is 494 g/mol. The van der Waals surface area contributed by atoms with E-state index in [2.05, 4.69) is 22.2 Å². The zero-order valence-corrected chi connectivity index (χ0v) is 20.5. The summed E-state index contributed by atoms with van der Waals surface area (Å²) in [5, 5.41) is 12.2. The zero-order chi connectivity index (χ0) is 25.7. The number of rotatable bonds is 9. The molecule has 10 nitrogen and oxygen atoms in total. The van der Waals surface area contributed by atoms with Crippen LogP contribution in [-0.4, -0.2) is 30.2 Å². The molecule has 0 spiro atoms. The monoisotopic (exact) mass is 493 g/mol. The maximum atomic E-state index is 13.1. The first-order valence-corrected chi connectivity index (χ1v) is 12.3. The molecule has 1 aliphatic rings. The van der Waals surface area contributed by atoms with Crippen molar-refractivity contribution >= 4 is 17.6 Å². The first-order chi connectivity index (χ1) is 17.4. The van der Waals surface area contributed by atoms with Gasteiger partial charge >= 0.3 is 17.3 Å². The molecule has 1 aliphatic carbocycles. The van der Waals surface area contributed by atoms with Gasteiger partial charge in [0.15, 0.2) is 5.69 Å². The smallest absolute Gasteiger partial charge is 0.354 e. The van der Waals surface area contributed by atoms with Gasteiger partial charge in [-0.15, -0.1) is 0 Å². The second-order valence-corrected chi connectivity index (χ2v) is 9.08. The minimum atomic E-state index is -1.14. The Bertz CT molecular complexity index is 1320. The predicted molar refractivity (Wildman–Crippen MR) is 135 cm³/mol. The Morgan fingerprint density at radius 2 is 1.72 bits per heavy atom. The highest BCUT2D eigenvalue weighted by Gasteiger charge is 2.23. The Morgan fingerprint density at radius 3 is 2.36 bits per heavy atom. The molecule has 0 radical (unpaired) electrons. The lowest BCUT2D eigenvalue weighted by molar-refractivity contribution is 0.0690. The third-order valence-corrected chi connectivity index (χ3v) is 6.75. The minimum Gasteiger partial charge on any atom is -0.477 e. The molecule has 10 heteroatoms. The van der Waals surface area contributed by atoms with Crippen LogP contribution in [0.1, 0.15) is 56.4 Å². The van der Waals surface area contributed by atoms with Crippen LogP contribution in [0.5, 0.6) is 11.5 Å². The van der Waals surface area contributed by atoms with Crippen molar-refractivity contribution in [2.75, 3.05) is 5.32 Å². The molecule has 0 amide bonds. The molecule has 2 aromatic heterocycles. The fourth-order valence-corrected chi connectivity index (χ4v) is 4.60. The maximum absolute atomic E-state index is 13.1. The third kappa shape index (κ3) is 5.81. The van der Waals surface area contributed by atoms with E-state index in [-0.39, 0.29) is 23.9 Å². The third-order valence-electron chi connectivity index (χ3n) is 6.75. The lowest BCUT2D eigenvalue weighted by Gasteiger charge is -2.28. The molecule has 1 aromatic carbocycles. The lowest BCUT2D eigenvalue weighted by Crippen LogP contribution is -2.43. The Morgan fingerprint density at radius 1 is 1.03 bits per heavy atom. The van der Waals surface area contributed by atoms with Crippen LogP contribution in [0.2, 0.25) is 0 Å². The molecule has 1 fully saturated rings. The number of carbonyl (C=O) groups is 1. The lowest BCUT2D eigenvalue weighted by atomic mass is 9.81. The van der Waals surface area contributed by atoms with Gasteiger partial charge in [-0.05, 0) is 61.9 Å². The van der Waals surface area contributed by atoms with E-state index in [0.717, 1.165) is 36.2 Å². The number of nitrogens with one attached hydrogen (secondary N) is 1. The second-order valence-electron chi connectivity index (χ2n) is 9.08. The highest BCUT2D eigenvalue weighted by Crippen LogP contribution is 2.32. The summed E-state index contributed by atoms with van der Waals surface area (Å²) in [6.45, 7) is 4.76. The summed E-state index contributed by atoms with van der Waals surface area (Å²) in [6, 6.07) is 9.79. The van der Waals surface area contributed by atoms with Crippen LogP contribution in [0.15, 0.2) is 52.2 Å². The summed E-state index contributed by atoms with van der Waals surface area (Å²) in [4.78, 5) is 44.7. The number of ether oxygens (including phenoxy) is 1. The first-order valence-electron chi connectivity index (χ1n) is 12.3. The number of pyridine rings is 1. The van der Waals surface area contributed by atoms with Crippen molar-refractivity contribution < 1.29 is 14.6 Å². The second kappa shape index (κ2) is 11.2. The van der Waals surface area contributed by atoms with Gasteiger partial charge in [0.2, 0.25) is 5.95 Å². The fourth-order valence-electron chi connectivity index (χ4n) is 4.60. The summed E-state index contributed by atoms with van der Waals surface area (Å²) in [5.41, 5.74) is -0.417. The Hall–Kier alpha value is -3.95. The SMILES string of the molecule is CCC1CCC(Cn2c(Nc3ccc(Oc4ccnc(C(=O)O)c4)cc3)nc(=O)n(CC)c2=O)CC1. The molecule has 2 N–H and O–H groups in total. The molecule has 0 atom stereocenters. The van der Waals surface area contributed by atoms with Crippen LogP contribution in [0.25, 0.3) is 0 Å². The number of hydrogen-bond donors (Lipinski definition) is 2. The van der Waals surface area contributed by atoms with Crippen molar-refractivity contribution in [1.29, 1.82) is 0 Å². The first kappa shape index (κ1) is 25.2. The molecule has 1 saturated carbocycles. The number of anilines is 2. The number of carboxylic acids is 1. The van der Waals surface area contributed by atoms with Gasteiger partial charge in [0.1, 0.15) is 11.5 Å². The number of carboxylic acid groups (broad SMARTS) is 1. The molecule has 190 valence electrons. The molecule has 0 saturated heterocycles. The van der Waals surface area contributed by atoms with Gasteiger partial charge in [-0.25, -0.2) is 23.9 Å². The van der Waals surface area contributed by atoms with Gasteiger partial charge < -0.3 is 15.2 Å². The molecule has 0 bridgehead atoms. The quantitative estimate of drug-likeness (QED) is 0.452. The van der Waals surface area contributed by atoms with E-state index in [1.165, 1.54) is 18.7 Å². The zero-order valence-electron chi connectivity index (χ0n) is 20.5. The van der Waals surface area contributed by atoms with Gasteiger partial charge in [0, 0.05) is 31.0 Å². The molecular weight excluding hydrogens is 462 g/mol. The van der Waals surface area contributed by atoms with Gasteiger partial charge in [-0.1, -0.05) is 26.2 Å². The highest BCUT2D eigenvalue weighted by atomic mass is 16.5. The largest absolute Gasteiger partial charge is 0.477 e. The van der Waals surface area contributed by atoms with Crippen molar-refractivity contribution in [2.45, 2.75) is 59.0 Å². The number of benzene rings is 1. The summed E-state index contributed by atoms with van der Waals surface area (Å²) >= 11 is 0. The predicted octanol–water partition coefficient (Wildman–Crippen LogP) is 4.27. The molecule has 0 unspecified atom stereocenters. The van der Waals surface area contributed by atoms with Crippen molar-refractivity contribution in [1.82, 2.24) is 19.1 Å². The van der Waals surface area contributed by atoms with E-state index in [9.17, 15) is 14.4 Å². The van der Waals surface area contributed by atoms with E-state index in [4.69, 9.17) is 9.84 Å². The normalized spacial score (nSPS) is 17.5. The molecular formula is C26H31N5O5. The van der Waals surface area contributed by atoms with Gasteiger partial charge in [0.05, 0.1) is 0 Å². The van der Waals surface area contributed by atoms with Gasteiger partial charge in [-0.3, -0.25) is 4.57 Å². The van der Waals surface area contributed by atoms with Crippen molar-refractivity contribution in [3.63, 3.8) is 0 Å². The molecule has 2 heterocycles. The van der Waals surface area contributed by atoms with E-state index in [0.29, 0.717) is 29.6 Å². The topological polar surface area (TPSA) is 128 Å². The number of hydrogen-bond acceptors (Lipinski definition) is 7. The van der Waals surface area contributed by atoms with Crippen LogP contribution in [0, 0.1) is 11.8 Å². The summed E-state index contributed by atoms with van der Waals surface area (Å²) < 4.78 is 8.46. The fraction of sp³-hybridized carbons (Fsp3) is 0.423. The van der Waals surface area contributed by atoms with Crippen LogP contribution in [-0.2, 0) is 13.1 Å². The summed E-state index contributed by atoms with van der Waals surface area (Å²) in [6.07, 6.45) is 6.98. The highest BCUT2D eigenvalue weighted by molar-refractivity contribution is 5.85. The Kier molecular flexibility index (Phi) is 7.82. The van der Waals surface area contributed by atoms with Crippen LogP contribution >= 0.6 is 0 Å². The number of nitrogens with zero attached hydrogens (tertiary/aromatic N) is 4. The van der Waals surface area contributed by atoms with E-state index < -0.39 is 11.7 Å². The van der Waals surface area contributed by atoms with Crippen LogP contribution < -0.4 is 21.4 Å². The number of aromatic nitrogens is 4. The molecule has 0 aliphatic heterocycles. The Balaban J connectivity index is 1.54. The maximum Gasteiger partial charge on any atom is 0.354 e. The van der Waals surface area contributed by atoms with Crippen molar-refractivity contribution in [3.05, 3.63) is 69.3 Å². The van der Waals surface area contributed by atoms with Crippen LogP contribution in [0.3, 0.4) is 0 Å². The minimum absolute atomic E-state index is 0.111. The van der Waals surface area contributed by atoms with Gasteiger partial charge in [0.25, 0.3) is 0 Å². The van der Waals surface area contributed by atoms with Crippen molar-refractivity contribution in [3.8, 4) is 11.5 Å². The van der Waals surface area contributed by atoms with E-state index >= 15 is 0 Å². The van der Waals surface area contributed by atoms with Crippen molar-refractivity contribution in [2.24, 2.45) is 11.8 Å². The molecule has 3 aromatic rings.